The maximum atomic E-state index is 12.3. The molecule has 1 aliphatic heterocycles. The number of hydrogen-bond donors (Lipinski definition) is 1. The van der Waals surface area contributed by atoms with Gasteiger partial charge >= 0.3 is 0 Å². The summed E-state index contributed by atoms with van der Waals surface area (Å²) in [5, 5.41) is 11.2. The number of carbonyl (C=O) groups excluding carboxylic acids is 1. The summed E-state index contributed by atoms with van der Waals surface area (Å²) in [5.41, 5.74) is 2.33. The zero-order valence-electron chi connectivity index (χ0n) is 12.4. The Balaban J connectivity index is 1.49. The molecule has 0 fully saturated rings. The van der Waals surface area contributed by atoms with Gasteiger partial charge < -0.3 is 5.32 Å². The van der Waals surface area contributed by atoms with Crippen LogP contribution in [0.3, 0.4) is 0 Å². The molecule has 8 nitrogen and oxygen atoms in total. The number of hydrogen-bond acceptors (Lipinski definition) is 5. The van der Waals surface area contributed by atoms with Gasteiger partial charge in [-0.3, -0.25) is 9.48 Å². The van der Waals surface area contributed by atoms with Crippen molar-refractivity contribution in [3.63, 3.8) is 0 Å². The average molecular weight is 309 g/mol. The first kappa shape index (κ1) is 13.6. The molecule has 4 heterocycles. The lowest BCUT2D eigenvalue weighted by molar-refractivity contribution is 0.102. The van der Waals surface area contributed by atoms with Gasteiger partial charge in [0.25, 0.3) is 5.91 Å². The van der Waals surface area contributed by atoms with Crippen LogP contribution in [0.15, 0.2) is 37.1 Å². The SMILES string of the molecule is O=C(Nc1ccc(-n2cncn2)cn1)c1cc2n(n1)CCCC2. The standard InChI is InChI=1S/C15H15N7O/c23-15(13-7-11-3-1-2-6-21(11)20-13)19-14-5-4-12(8-17-14)22-10-16-9-18-22/h4-5,7-10H,1-3,6H2,(H,17,19,23). The number of anilines is 1. The summed E-state index contributed by atoms with van der Waals surface area (Å²) in [6.07, 6.45) is 7.91. The van der Waals surface area contributed by atoms with E-state index in [1.54, 1.807) is 23.3 Å². The summed E-state index contributed by atoms with van der Waals surface area (Å²) in [5.74, 6) is 0.234. The molecule has 0 radical (unpaired) electrons. The van der Waals surface area contributed by atoms with Crippen molar-refractivity contribution in [2.24, 2.45) is 0 Å². The highest BCUT2D eigenvalue weighted by molar-refractivity contribution is 6.02. The summed E-state index contributed by atoms with van der Waals surface area (Å²) in [4.78, 5) is 20.4. The second-order valence-electron chi connectivity index (χ2n) is 5.40. The van der Waals surface area contributed by atoms with Crippen LogP contribution in [-0.4, -0.2) is 35.4 Å². The molecule has 8 heteroatoms. The molecule has 0 unspecified atom stereocenters. The van der Waals surface area contributed by atoms with Gasteiger partial charge in [0, 0.05) is 12.2 Å². The van der Waals surface area contributed by atoms with Crippen LogP contribution in [-0.2, 0) is 13.0 Å². The van der Waals surface area contributed by atoms with E-state index in [0.29, 0.717) is 11.5 Å². The van der Waals surface area contributed by atoms with E-state index >= 15 is 0 Å². The quantitative estimate of drug-likeness (QED) is 0.790. The van der Waals surface area contributed by atoms with Crippen molar-refractivity contribution in [2.75, 3.05) is 5.32 Å². The first-order valence-corrected chi connectivity index (χ1v) is 7.49. The van der Waals surface area contributed by atoms with Crippen LogP contribution in [0.5, 0.6) is 0 Å². The lowest BCUT2D eigenvalue weighted by Gasteiger charge is -2.11. The Hall–Kier alpha value is -3.03. The number of rotatable bonds is 3. The molecule has 1 aliphatic rings. The van der Waals surface area contributed by atoms with Crippen LogP contribution in [0.1, 0.15) is 29.0 Å². The molecular weight excluding hydrogens is 294 g/mol. The number of nitrogens with zero attached hydrogens (tertiary/aromatic N) is 6. The van der Waals surface area contributed by atoms with Gasteiger partial charge in [0.2, 0.25) is 0 Å². The molecule has 0 atom stereocenters. The Morgan fingerprint density at radius 1 is 1.26 bits per heavy atom. The van der Waals surface area contributed by atoms with Crippen molar-refractivity contribution >= 4 is 11.7 Å². The predicted octanol–water partition coefficient (Wildman–Crippen LogP) is 1.45. The summed E-state index contributed by atoms with van der Waals surface area (Å²) in [7, 11) is 0. The molecule has 0 aliphatic carbocycles. The molecule has 0 bridgehead atoms. The van der Waals surface area contributed by atoms with Gasteiger partial charge in [0.15, 0.2) is 5.69 Å². The third kappa shape index (κ3) is 2.70. The van der Waals surface area contributed by atoms with Crippen LogP contribution in [0.4, 0.5) is 5.82 Å². The fourth-order valence-corrected chi connectivity index (χ4v) is 2.65. The molecule has 3 aromatic rings. The lowest BCUT2D eigenvalue weighted by Crippen LogP contribution is -2.15. The van der Waals surface area contributed by atoms with Gasteiger partial charge in [-0.15, -0.1) is 0 Å². The Bertz CT molecular complexity index is 797. The molecular formula is C15H15N7O. The maximum absolute atomic E-state index is 12.3. The first-order valence-electron chi connectivity index (χ1n) is 7.49. The molecule has 4 rings (SSSR count). The molecule has 0 saturated carbocycles. The Labute approximate surface area is 132 Å². The summed E-state index contributed by atoms with van der Waals surface area (Å²) >= 11 is 0. The largest absolute Gasteiger partial charge is 0.305 e. The number of carbonyl (C=O) groups is 1. The van der Waals surface area contributed by atoms with E-state index in [1.807, 2.05) is 16.8 Å². The Kier molecular flexibility index (Phi) is 3.34. The van der Waals surface area contributed by atoms with Crippen LogP contribution >= 0.6 is 0 Å². The Morgan fingerprint density at radius 3 is 2.96 bits per heavy atom. The normalized spacial score (nSPS) is 13.6. The predicted molar refractivity (Wildman–Crippen MR) is 82.3 cm³/mol. The second-order valence-corrected chi connectivity index (χ2v) is 5.40. The highest BCUT2D eigenvalue weighted by Crippen LogP contribution is 2.16. The smallest absolute Gasteiger partial charge is 0.277 e. The van der Waals surface area contributed by atoms with E-state index < -0.39 is 0 Å². The van der Waals surface area contributed by atoms with Gasteiger partial charge in [0.1, 0.15) is 18.5 Å². The lowest BCUT2D eigenvalue weighted by atomic mass is 10.1. The van der Waals surface area contributed by atoms with E-state index in [2.05, 4.69) is 25.5 Å². The number of fused-ring (bicyclic) bond motifs is 1. The Morgan fingerprint density at radius 2 is 2.22 bits per heavy atom. The topological polar surface area (TPSA) is 90.5 Å². The zero-order valence-corrected chi connectivity index (χ0v) is 12.4. The second kappa shape index (κ2) is 5.64. The van der Waals surface area contributed by atoms with Gasteiger partial charge in [-0.25, -0.2) is 14.6 Å². The van der Waals surface area contributed by atoms with E-state index in [4.69, 9.17) is 0 Å². The van der Waals surface area contributed by atoms with E-state index in [-0.39, 0.29) is 5.91 Å². The van der Waals surface area contributed by atoms with Crippen molar-refractivity contribution in [1.29, 1.82) is 0 Å². The fraction of sp³-hybridized carbons (Fsp3) is 0.267. The number of nitrogens with one attached hydrogen (secondary N) is 1. The number of pyridine rings is 1. The maximum Gasteiger partial charge on any atom is 0.277 e. The average Bonchev–Trinajstić information content (AvgIpc) is 3.25. The van der Waals surface area contributed by atoms with Gasteiger partial charge in [-0.05, 0) is 37.5 Å². The van der Waals surface area contributed by atoms with Gasteiger partial charge in [-0.1, -0.05) is 0 Å². The molecule has 23 heavy (non-hydrogen) atoms. The number of aromatic nitrogens is 6. The van der Waals surface area contributed by atoms with Gasteiger partial charge in [0.05, 0.1) is 11.9 Å². The van der Waals surface area contributed by atoms with Crippen LogP contribution in [0.2, 0.25) is 0 Å². The first-order chi connectivity index (χ1) is 11.3. The van der Waals surface area contributed by atoms with E-state index in [1.165, 1.54) is 6.33 Å². The van der Waals surface area contributed by atoms with Crippen LogP contribution < -0.4 is 5.32 Å². The monoisotopic (exact) mass is 309 g/mol. The van der Waals surface area contributed by atoms with Crippen LogP contribution in [0, 0.1) is 0 Å². The van der Waals surface area contributed by atoms with Crippen molar-refractivity contribution in [3.05, 3.63) is 48.4 Å². The van der Waals surface area contributed by atoms with Crippen molar-refractivity contribution in [1.82, 2.24) is 29.5 Å². The minimum Gasteiger partial charge on any atom is -0.305 e. The van der Waals surface area contributed by atoms with Crippen molar-refractivity contribution < 1.29 is 4.79 Å². The number of aryl methyl sites for hydroxylation is 2. The van der Waals surface area contributed by atoms with E-state index in [9.17, 15) is 4.79 Å². The molecule has 1 N–H and O–H groups in total. The molecule has 1 amide bonds. The minimum atomic E-state index is -0.243. The highest BCUT2D eigenvalue weighted by atomic mass is 16.2. The van der Waals surface area contributed by atoms with E-state index in [0.717, 1.165) is 37.2 Å². The molecule has 0 aromatic carbocycles. The van der Waals surface area contributed by atoms with Crippen molar-refractivity contribution in [2.45, 2.75) is 25.8 Å². The number of amides is 1. The fourth-order valence-electron chi connectivity index (χ4n) is 2.65. The van der Waals surface area contributed by atoms with Gasteiger partial charge in [-0.2, -0.15) is 10.2 Å². The molecule has 0 spiro atoms. The molecule has 116 valence electrons. The summed E-state index contributed by atoms with van der Waals surface area (Å²) < 4.78 is 3.52. The van der Waals surface area contributed by atoms with Crippen LogP contribution in [0.25, 0.3) is 5.69 Å². The summed E-state index contributed by atoms with van der Waals surface area (Å²) in [6, 6.07) is 5.40. The third-order valence-corrected chi connectivity index (χ3v) is 3.82. The minimum absolute atomic E-state index is 0.243. The summed E-state index contributed by atoms with van der Waals surface area (Å²) in [6.45, 7) is 0.882. The highest BCUT2D eigenvalue weighted by Gasteiger charge is 2.17. The third-order valence-electron chi connectivity index (χ3n) is 3.82. The molecule has 0 saturated heterocycles. The zero-order chi connectivity index (χ0) is 15.6. The molecule has 3 aromatic heterocycles. The van der Waals surface area contributed by atoms with Crippen molar-refractivity contribution in [3.8, 4) is 5.69 Å².